The van der Waals surface area contributed by atoms with Crippen LogP contribution in [0.25, 0.3) is 0 Å². The molecule has 180 valence electrons. The van der Waals surface area contributed by atoms with Crippen molar-refractivity contribution in [3.05, 3.63) is 41.2 Å². The molecule has 10 heteroatoms. The smallest absolute Gasteiger partial charge is 0.245 e. The average Bonchev–Trinajstić information content (AvgIpc) is 3.19. The number of benzene rings is 1. The van der Waals surface area contributed by atoms with E-state index in [4.69, 9.17) is 0 Å². The third-order valence-electron chi connectivity index (χ3n) is 6.39. The highest BCUT2D eigenvalue weighted by molar-refractivity contribution is 7.89. The summed E-state index contributed by atoms with van der Waals surface area (Å²) < 4.78 is 40.8. The van der Waals surface area contributed by atoms with Gasteiger partial charge in [0, 0.05) is 44.0 Å². The normalized spacial score (nSPS) is 23.5. The second-order valence-corrected chi connectivity index (χ2v) is 12.1. The number of likely N-dealkylation sites (tertiary alicyclic amines) is 1. The van der Waals surface area contributed by atoms with Crippen LogP contribution in [0, 0.1) is 23.6 Å². The molecule has 2 saturated heterocycles. The van der Waals surface area contributed by atoms with Crippen LogP contribution in [0.3, 0.4) is 0 Å². The second-order valence-electron chi connectivity index (χ2n) is 9.38. The summed E-state index contributed by atoms with van der Waals surface area (Å²) in [5.74, 6) is 0.164. The molecule has 0 spiro atoms. The Morgan fingerprint density at radius 2 is 1.85 bits per heavy atom. The maximum absolute atomic E-state index is 14.0. The van der Waals surface area contributed by atoms with Gasteiger partial charge in [0.15, 0.2) is 5.13 Å². The Balaban J connectivity index is 1.30. The van der Waals surface area contributed by atoms with Gasteiger partial charge in [0.05, 0.1) is 5.69 Å². The molecular weight excluding hydrogens is 463 g/mol. The van der Waals surface area contributed by atoms with Crippen molar-refractivity contribution in [2.75, 3.05) is 31.5 Å². The first-order chi connectivity index (χ1) is 15.7. The number of aromatic nitrogens is 1. The van der Waals surface area contributed by atoms with Crippen molar-refractivity contribution < 1.29 is 17.6 Å². The fraction of sp³-hybridized carbons (Fsp3) is 0.565. The molecule has 0 saturated carbocycles. The van der Waals surface area contributed by atoms with Crippen LogP contribution < -0.4 is 5.32 Å². The molecule has 2 atom stereocenters. The maximum Gasteiger partial charge on any atom is 0.245 e. The van der Waals surface area contributed by atoms with Crippen molar-refractivity contribution >= 4 is 32.4 Å². The van der Waals surface area contributed by atoms with Crippen molar-refractivity contribution in [3.63, 3.8) is 0 Å². The van der Waals surface area contributed by atoms with Crippen LogP contribution >= 0.6 is 11.3 Å². The van der Waals surface area contributed by atoms with Gasteiger partial charge in [-0.1, -0.05) is 26.0 Å². The van der Waals surface area contributed by atoms with E-state index in [0.29, 0.717) is 29.8 Å². The van der Waals surface area contributed by atoms with Crippen LogP contribution in [-0.4, -0.2) is 54.7 Å². The highest BCUT2D eigenvalue weighted by Crippen LogP contribution is 2.27. The number of hydrogen-bond acceptors (Lipinski definition) is 6. The number of carbonyl (C=O) groups is 1. The fourth-order valence-electron chi connectivity index (χ4n) is 4.95. The Morgan fingerprint density at radius 3 is 2.52 bits per heavy atom. The standard InChI is InChI=1S/C23H31FN4O3S2/c1-16-11-17(2)13-27(12-16)14-19-15-32-23(25-19)26-22(29)18-7-9-28(10-8-18)33(30,31)21-6-4-3-5-20(21)24/h3-6,15-18H,7-14H2,1-2H3,(H,25,26,29)/t16-,17-/m1/s1. The number of amides is 1. The number of anilines is 1. The summed E-state index contributed by atoms with van der Waals surface area (Å²) >= 11 is 1.42. The molecule has 1 amide bonds. The zero-order chi connectivity index (χ0) is 23.6. The van der Waals surface area contributed by atoms with Gasteiger partial charge in [-0.2, -0.15) is 4.31 Å². The Hall–Kier alpha value is -1.88. The number of rotatable bonds is 6. The molecule has 1 N–H and O–H groups in total. The lowest BCUT2D eigenvalue weighted by Gasteiger charge is -2.34. The number of nitrogens with zero attached hydrogens (tertiary/aromatic N) is 3. The summed E-state index contributed by atoms with van der Waals surface area (Å²) in [6.45, 7) is 7.85. The molecule has 0 bridgehead atoms. The summed E-state index contributed by atoms with van der Waals surface area (Å²) in [6, 6.07) is 5.38. The average molecular weight is 495 g/mol. The SMILES string of the molecule is C[C@@H]1C[C@@H](C)CN(Cc2csc(NC(=O)C3CCN(S(=O)(=O)c4ccccc4F)CC3)n2)C1. The molecule has 3 heterocycles. The zero-order valence-electron chi connectivity index (χ0n) is 19.0. The van der Waals surface area contributed by atoms with E-state index in [9.17, 15) is 17.6 Å². The molecular formula is C23H31FN4O3S2. The minimum Gasteiger partial charge on any atom is -0.302 e. The maximum atomic E-state index is 14.0. The molecule has 7 nitrogen and oxygen atoms in total. The van der Waals surface area contributed by atoms with E-state index < -0.39 is 15.8 Å². The monoisotopic (exact) mass is 494 g/mol. The molecule has 4 rings (SSSR count). The molecule has 2 fully saturated rings. The van der Waals surface area contributed by atoms with Crippen LogP contribution in [0.2, 0.25) is 0 Å². The lowest BCUT2D eigenvalue weighted by atomic mass is 9.92. The van der Waals surface area contributed by atoms with Crippen molar-refractivity contribution in [2.24, 2.45) is 17.8 Å². The van der Waals surface area contributed by atoms with Crippen molar-refractivity contribution in [1.29, 1.82) is 0 Å². The van der Waals surface area contributed by atoms with Gasteiger partial charge in [-0.05, 0) is 43.2 Å². The van der Waals surface area contributed by atoms with Gasteiger partial charge in [-0.25, -0.2) is 17.8 Å². The molecule has 2 aliphatic heterocycles. The number of sulfonamides is 1. The van der Waals surface area contributed by atoms with E-state index in [-0.39, 0.29) is 29.8 Å². The van der Waals surface area contributed by atoms with Crippen molar-refractivity contribution in [3.8, 4) is 0 Å². The predicted octanol–water partition coefficient (Wildman–Crippen LogP) is 3.80. The summed E-state index contributed by atoms with van der Waals surface area (Å²) in [6.07, 6.45) is 2.04. The molecule has 1 aromatic carbocycles. The van der Waals surface area contributed by atoms with Gasteiger partial charge in [0.1, 0.15) is 10.7 Å². The van der Waals surface area contributed by atoms with E-state index >= 15 is 0 Å². The van der Waals surface area contributed by atoms with E-state index in [1.165, 1.54) is 40.3 Å². The van der Waals surface area contributed by atoms with Crippen LogP contribution in [0.5, 0.6) is 0 Å². The van der Waals surface area contributed by atoms with Crippen LogP contribution in [0.1, 0.15) is 38.8 Å². The Labute approximate surface area is 199 Å². The molecule has 33 heavy (non-hydrogen) atoms. The van der Waals surface area contributed by atoms with Crippen molar-refractivity contribution in [2.45, 2.75) is 44.6 Å². The number of carbonyl (C=O) groups excluding carboxylic acids is 1. The quantitative estimate of drug-likeness (QED) is 0.661. The third-order valence-corrected chi connectivity index (χ3v) is 9.13. The summed E-state index contributed by atoms with van der Waals surface area (Å²) in [5.41, 5.74) is 0.961. The number of hydrogen-bond donors (Lipinski definition) is 1. The van der Waals surface area contributed by atoms with E-state index in [1.54, 1.807) is 0 Å². The van der Waals surface area contributed by atoms with Crippen LogP contribution in [0.15, 0.2) is 34.5 Å². The number of nitrogens with one attached hydrogen (secondary N) is 1. The Bertz CT molecular complexity index is 1070. The van der Waals surface area contributed by atoms with Gasteiger partial charge >= 0.3 is 0 Å². The van der Waals surface area contributed by atoms with Gasteiger partial charge in [0.25, 0.3) is 0 Å². The van der Waals surface area contributed by atoms with Gasteiger partial charge in [0.2, 0.25) is 15.9 Å². The predicted molar refractivity (Wildman–Crippen MR) is 127 cm³/mol. The van der Waals surface area contributed by atoms with Crippen LogP contribution in [-0.2, 0) is 21.4 Å². The van der Waals surface area contributed by atoms with Crippen molar-refractivity contribution in [1.82, 2.24) is 14.2 Å². The fourth-order valence-corrected chi connectivity index (χ4v) is 7.19. The molecule has 0 radical (unpaired) electrons. The number of thiazole rings is 1. The van der Waals surface area contributed by atoms with E-state index in [2.05, 4.69) is 29.0 Å². The second kappa shape index (κ2) is 10.2. The first kappa shape index (κ1) is 24.3. The lowest BCUT2D eigenvalue weighted by molar-refractivity contribution is -0.120. The first-order valence-electron chi connectivity index (χ1n) is 11.4. The Morgan fingerprint density at radius 1 is 1.18 bits per heavy atom. The molecule has 1 aromatic heterocycles. The highest BCUT2D eigenvalue weighted by Gasteiger charge is 2.33. The van der Waals surface area contributed by atoms with Gasteiger partial charge in [-0.3, -0.25) is 9.69 Å². The van der Waals surface area contributed by atoms with E-state index in [0.717, 1.165) is 31.4 Å². The third kappa shape index (κ3) is 5.79. The van der Waals surface area contributed by atoms with Gasteiger partial charge in [-0.15, -0.1) is 11.3 Å². The Kier molecular flexibility index (Phi) is 7.47. The lowest BCUT2D eigenvalue weighted by Crippen LogP contribution is -2.41. The topological polar surface area (TPSA) is 82.6 Å². The number of halogens is 1. The highest BCUT2D eigenvalue weighted by atomic mass is 32.2. The molecule has 2 aliphatic rings. The minimum absolute atomic E-state index is 0.140. The van der Waals surface area contributed by atoms with Gasteiger partial charge < -0.3 is 5.32 Å². The molecule has 0 unspecified atom stereocenters. The first-order valence-corrected chi connectivity index (χ1v) is 13.8. The summed E-state index contributed by atoms with van der Waals surface area (Å²) in [7, 11) is -3.91. The zero-order valence-corrected chi connectivity index (χ0v) is 20.7. The summed E-state index contributed by atoms with van der Waals surface area (Å²) in [4.78, 5) is 19.4. The molecule has 2 aromatic rings. The minimum atomic E-state index is -3.91. The number of piperidine rings is 2. The summed E-state index contributed by atoms with van der Waals surface area (Å²) in [5, 5.41) is 5.47. The largest absolute Gasteiger partial charge is 0.302 e. The van der Waals surface area contributed by atoms with Crippen LogP contribution in [0.4, 0.5) is 9.52 Å². The van der Waals surface area contributed by atoms with E-state index in [1.807, 2.05) is 5.38 Å². The molecule has 0 aliphatic carbocycles.